The summed E-state index contributed by atoms with van der Waals surface area (Å²) in [7, 11) is 1.72. The SMILES string of the molecule is Cn1c(=O)n(-c2nc(C(=O)Nc3cnccc3N3CCNCC3)cs2)c2ccccc21. The van der Waals surface area contributed by atoms with Crippen molar-refractivity contribution in [1.29, 1.82) is 0 Å². The monoisotopic (exact) mass is 435 g/mol. The summed E-state index contributed by atoms with van der Waals surface area (Å²) in [5, 5.41) is 8.38. The molecule has 1 aliphatic rings. The van der Waals surface area contributed by atoms with E-state index in [1.165, 1.54) is 15.9 Å². The van der Waals surface area contributed by atoms with Crippen LogP contribution >= 0.6 is 11.3 Å². The number of imidazole rings is 1. The molecule has 1 fully saturated rings. The molecule has 0 atom stereocenters. The van der Waals surface area contributed by atoms with Crippen molar-refractivity contribution in [2.45, 2.75) is 0 Å². The topological polar surface area (TPSA) is 97.1 Å². The lowest BCUT2D eigenvalue weighted by atomic mass is 10.2. The fourth-order valence-electron chi connectivity index (χ4n) is 3.80. The molecule has 3 aromatic heterocycles. The van der Waals surface area contributed by atoms with E-state index < -0.39 is 0 Å². The van der Waals surface area contributed by atoms with Gasteiger partial charge in [0.25, 0.3) is 5.91 Å². The van der Waals surface area contributed by atoms with Crippen LogP contribution in [0.2, 0.25) is 0 Å². The van der Waals surface area contributed by atoms with Crippen molar-refractivity contribution >= 4 is 39.7 Å². The number of aryl methyl sites for hydroxylation is 1. The van der Waals surface area contributed by atoms with E-state index in [1.807, 2.05) is 30.3 Å². The molecule has 0 unspecified atom stereocenters. The number of piperazine rings is 1. The quantitative estimate of drug-likeness (QED) is 0.508. The average Bonchev–Trinajstić information content (AvgIpc) is 3.38. The molecule has 10 heteroatoms. The number of nitrogens with zero attached hydrogens (tertiary/aromatic N) is 5. The largest absolute Gasteiger partial charge is 0.367 e. The van der Waals surface area contributed by atoms with Crippen LogP contribution in [0.25, 0.3) is 16.2 Å². The molecule has 0 aliphatic carbocycles. The third kappa shape index (κ3) is 3.49. The van der Waals surface area contributed by atoms with Gasteiger partial charge in [-0.3, -0.25) is 14.3 Å². The van der Waals surface area contributed by atoms with Crippen LogP contribution in [-0.2, 0) is 7.05 Å². The van der Waals surface area contributed by atoms with Crippen LogP contribution in [0.4, 0.5) is 11.4 Å². The Bertz CT molecular complexity index is 1320. The van der Waals surface area contributed by atoms with Crippen LogP contribution in [-0.4, -0.2) is 51.2 Å². The highest BCUT2D eigenvalue weighted by Gasteiger charge is 2.20. The Morgan fingerprint density at radius 1 is 1.16 bits per heavy atom. The number of pyridine rings is 1. The maximum Gasteiger partial charge on any atom is 0.335 e. The van der Waals surface area contributed by atoms with Crippen molar-refractivity contribution in [2.75, 3.05) is 36.4 Å². The second-order valence-corrected chi connectivity index (χ2v) is 8.10. The highest BCUT2D eigenvalue weighted by atomic mass is 32.1. The van der Waals surface area contributed by atoms with Gasteiger partial charge in [-0.15, -0.1) is 11.3 Å². The van der Waals surface area contributed by atoms with Gasteiger partial charge >= 0.3 is 5.69 Å². The van der Waals surface area contributed by atoms with Crippen molar-refractivity contribution in [2.24, 2.45) is 7.05 Å². The molecule has 0 bridgehead atoms. The number of hydrogen-bond acceptors (Lipinski definition) is 7. The molecule has 1 aromatic carbocycles. The van der Waals surface area contributed by atoms with Gasteiger partial charge in [-0.2, -0.15) is 0 Å². The standard InChI is InChI=1S/C21H21N7O2S/c1-26-17-4-2-3-5-18(17)28(21(26)30)20-25-15(13-31-20)19(29)24-14-12-23-7-6-16(14)27-10-8-22-9-11-27/h2-7,12-13,22H,8-11H2,1H3,(H,24,29). The van der Waals surface area contributed by atoms with Crippen molar-refractivity contribution < 1.29 is 4.79 Å². The molecular weight excluding hydrogens is 414 g/mol. The number of anilines is 2. The number of nitrogens with one attached hydrogen (secondary N) is 2. The summed E-state index contributed by atoms with van der Waals surface area (Å²) in [6, 6.07) is 9.42. The highest BCUT2D eigenvalue weighted by Crippen LogP contribution is 2.26. The third-order valence-corrected chi connectivity index (χ3v) is 6.21. The first-order chi connectivity index (χ1) is 15.1. The molecule has 1 saturated heterocycles. The Kier molecular flexibility index (Phi) is 5.00. The zero-order chi connectivity index (χ0) is 21.4. The molecule has 0 radical (unpaired) electrons. The van der Waals surface area contributed by atoms with Crippen LogP contribution in [0, 0.1) is 0 Å². The van der Waals surface area contributed by atoms with Crippen molar-refractivity contribution in [3.63, 3.8) is 0 Å². The van der Waals surface area contributed by atoms with Crippen LogP contribution in [0.15, 0.2) is 52.9 Å². The van der Waals surface area contributed by atoms with Crippen LogP contribution in [0.1, 0.15) is 10.5 Å². The Morgan fingerprint density at radius 2 is 1.94 bits per heavy atom. The number of carbonyl (C=O) groups excluding carboxylic acids is 1. The predicted molar refractivity (Wildman–Crippen MR) is 121 cm³/mol. The van der Waals surface area contributed by atoms with E-state index in [9.17, 15) is 9.59 Å². The Hall–Kier alpha value is -3.50. The smallest absolute Gasteiger partial charge is 0.335 e. The maximum atomic E-state index is 12.9. The lowest BCUT2D eigenvalue weighted by Crippen LogP contribution is -2.43. The Morgan fingerprint density at radius 3 is 2.74 bits per heavy atom. The molecular formula is C21H21N7O2S. The van der Waals surface area contributed by atoms with E-state index in [0.29, 0.717) is 10.8 Å². The van der Waals surface area contributed by atoms with Crippen LogP contribution in [0.3, 0.4) is 0 Å². The zero-order valence-electron chi connectivity index (χ0n) is 16.9. The van der Waals surface area contributed by atoms with Gasteiger partial charge in [0.05, 0.1) is 28.6 Å². The summed E-state index contributed by atoms with van der Waals surface area (Å²) >= 11 is 1.26. The number of amides is 1. The Labute approximate surface area is 182 Å². The van der Waals surface area contributed by atoms with E-state index in [4.69, 9.17) is 0 Å². The van der Waals surface area contributed by atoms with Crippen molar-refractivity contribution in [3.05, 3.63) is 64.3 Å². The molecule has 9 nitrogen and oxygen atoms in total. The summed E-state index contributed by atoms with van der Waals surface area (Å²) < 4.78 is 3.11. The number of thiazole rings is 1. The molecule has 1 aliphatic heterocycles. The minimum absolute atomic E-state index is 0.198. The number of carbonyl (C=O) groups is 1. The van der Waals surface area contributed by atoms with E-state index in [-0.39, 0.29) is 17.3 Å². The first-order valence-corrected chi connectivity index (χ1v) is 10.8. The third-order valence-electron chi connectivity index (χ3n) is 5.38. The number of fused-ring (bicyclic) bond motifs is 1. The average molecular weight is 436 g/mol. The maximum absolute atomic E-state index is 12.9. The van der Waals surface area contributed by atoms with Gasteiger partial charge in [-0.25, -0.2) is 14.3 Å². The first kappa shape index (κ1) is 19.5. The molecule has 1 amide bonds. The highest BCUT2D eigenvalue weighted by molar-refractivity contribution is 7.12. The second-order valence-electron chi connectivity index (χ2n) is 7.27. The first-order valence-electron chi connectivity index (χ1n) is 9.97. The van der Waals surface area contributed by atoms with Crippen LogP contribution in [0.5, 0.6) is 0 Å². The minimum Gasteiger partial charge on any atom is -0.367 e. The zero-order valence-corrected chi connectivity index (χ0v) is 17.7. The fraction of sp³-hybridized carbons (Fsp3) is 0.238. The molecule has 4 aromatic rings. The van der Waals surface area contributed by atoms with Gasteiger partial charge in [0, 0.05) is 44.8 Å². The van der Waals surface area contributed by atoms with Gasteiger partial charge in [-0.05, 0) is 18.2 Å². The number of benzene rings is 1. The molecule has 158 valence electrons. The molecule has 0 spiro atoms. The fourth-order valence-corrected chi connectivity index (χ4v) is 4.61. The van der Waals surface area contributed by atoms with Gasteiger partial charge in [-0.1, -0.05) is 12.1 Å². The summed E-state index contributed by atoms with van der Waals surface area (Å²) in [5.74, 6) is -0.333. The summed E-state index contributed by atoms with van der Waals surface area (Å²) in [4.78, 5) is 36.5. The van der Waals surface area contributed by atoms with E-state index in [0.717, 1.165) is 42.9 Å². The summed E-state index contributed by atoms with van der Waals surface area (Å²) in [6.45, 7) is 3.51. The summed E-state index contributed by atoms with van der Waals surface area (Å²) in [5.41, 5.74) is 3.21. The number of hydrogen-bond donors (Lipinski definition) is 2. The lowest BCUT2D eigenvalue weighted by molar-refractivity contribution is 0.102. The number of para-hydroxylation sites is 2. The van der Waals surface area contributed by atoms with Gasteiger partial charge in [0.1, 0.15) is 5.69 Å². The Balaban J connectivity index is 1.44. The van der Waals surface area contributed by atoms with E-state index >= 15 is 0 Å². The molecule has 5 rings (SSSR count). The second kappa shape index (κ2) is 7.97. The number of aromatic nitrogens is 4. The molecule has 0 saturated carbocycles. The molecule has 31 heavy (non-hydrogen) atoms. The normalized spacial score (nSPS) is 14.2. The summed E-state index contributed by atoms with van der Waals surface area (Å²) in [6.07, 6.45) is 3.37. The predicted octanol–water partition coefficient (Wildman–Crippen LogP) is 1.84. The van der Waals surface area contributed by atoms with Crippen molar-refractivity contribution in [1.82, 2.24) is 24.4 Å². The lowest BCUT2D eigenvalue weighted by Gasteiger charge is -2.30. The molecule has 2 N–H and O–H groups in total. The van der Waals surface area contributed by atoms with Crippen LogP contribution < -0.4 is 21.2 Å². The van der Waals surface area contributed by atoms with Gasteiger partial charge in [0.2, 0.25) is 0 Å². The minimum atomic E-state index is -0.333. The number of rotatable bonds is 4. The van der Waals surface area contributed by atoms with Gasteiger partial charge < -0.3 is 15.5 Å². The van der Waals surface area contributed by atoms with E-state index in [1.54, 1.807) is 29.4 Å². The van der Waals surface area contributed by atoms with E-state index in [2.05, 4.69) is 25.5 Å². The van der Waals surface area contributed by atoms with Crippen molar-refractivity contribution in [3.8, 4) is 5.13 Å². The molecule has 4 heterocycles. The van der Waals surface area contributed by atoms with Gasteiger partial charge in [0.15, 0.2) is 5.13 Å².